The molecule has 1 heterocycles. The second-order valence-corrected chi connectivity index (χ2v) is 6.69. The molecule has 1 aromatic heterocycles. The molecule has 6 nitrogen and oxygen atoms in total. The lowest BCUT2D eigenvalue weighted by Crippen LogP contribution is -2.41. The van der Waals surface area contributed by atoms with Crippen LogP contribution in [0.1, 0.15) is 52.9 Å². The monoisotopic (exact) mass is 293 g/mol. The number of amides is 1. The Labute approximate surface area is 126 Å². The molecule has 0 radical (unpaired) electrons. The highest BCUT2D eigenvalue weighted by Crippen LogP contribution is 2.25. The highest BCUT2D eigenvalue weighted by molar-refractivity contribution is 5.84. The molecule has 1 amide bonds. The number of nitrogen functional groups attached to an aromatic ring is 1. The maximum absolute atomic E-state index is 12.0. The highest BCUT2D eigenvalue weighted by Gasteiger charge is 2.22. The van der Waals surface area contributed by atoms with Gasteiger partial charge in [-0.3, -0.25) is 4.79 Å². The van der Waals surface area contributed by atoms with E-state index in [4.69, 9.17) is 5.73 Å². The zero-order valence-electron chi connectivity index (χ0n) is 14.0. The van der Waals surface area contributed by atoms with Crippen LogP contribution in [0, 0.1) is 6.92 Å². The topological polar surface area (TPSA) is 92.9 Å². The maximum Gasteiger partial charge on any atom is 0.242 e. The van der Waals surface area contributed by atoms with Crippen LogP contribution in [0.3, 0.4) is 0 Å². The Bertz CT molecular complexity index is 520. The zero-order chi connectivity index (χ0) is 16.4. The van der Waals surface area contributed by atoms with Crippen LogP contribution in [0.4, 0.5) is 11.6 Å². The van der Waals surface area contributed by atoms with Gasteiger partial charge in [0.2, 0.25) is 5.91 Å². The van der Waals surface area contributed by atoms with Gasteiger partial charge in [-0.2, -0.15) is 0 Å². The molecule has 4 N–H and O–H groups in total. The first kappa shape index (κ1) is 17.2. The van der Waals surface area contributed by atoms with Gasteiger partial charge in [-0.1, -0.05) is 20.8 Å². The first-order valence-electron chi connectivity index (χ1n) is 7.24. The fourth-order valence-corrected chi connectivity index (χ4v) is 1.69. The predicted octanol–water partition coefficient (Wildman–Crippen LogP) is 1.99. The fourth-order valence-electron chi connectivity index (χ4n) is 1.69. The molecule has 0 spiro atoms. The molecule has 1 aromatic rings. The maximum atomic E-state index is 12.0. The van der Waals surface area contributed by atoms with Gasteiger partial charge in [0.25, 0.3) is 0 Å². The minimum Gasteiger partial charge on any atom is -0.383 e. The third kappa shape index (κ3) is 4.58. The van der Waals surface area contributed by atoms with E-state index in [1.54, 1.807) is 6.92 Å². The number of nitrogens with zero attached hydrogens (tertiary/aromatic N) is 2. The van der Waals surface area contributed by atoms with Crippen LogP contribution in [0.25, 0.3) is 0 Å². The molecule has 118 valence electrons. The SMILES string of the molecule is Cc1c(N)nc(C(C)(C)C)nc1NC(C)C(=O)NC(C)C. The average Bonchev–Trinajstić information content (AvgIpc) is 2.32. The number of rotatable bonds is 4. The van der Waals surface area contributed by atoms with Gasteiger partial charge in [-0.05, 0) is 27.7 Å². The van der Waals surface area contributed by atoms with Gasteiger partial charge in [0.15, 0.2) is 0 Å². The van der Waals surface area contributed by atoms with Crippen molar-refractivity contribution in [3.05, 3.63) is 11.4 Å². The van der Waals surface area contributed by atoms with Crippen molar-refractivity contribution in [1.29, 1.82) is 0 Å². The molecule has 0 saturated carbocycles. The van der Waals surface area contributed by atoms with Gasteiger partial charge >= 0.3 is 0 Å². The van der Waals surface area contributed by atoms with Gasteiger partial charge in [0, 0.05) is 17.0 Å². The summed E-state index contributed by atoms with van der Waals surface area (Å²) in [6.45, 7) is 13.6. The Balaban J connectivity index is 3.02. The quantitative estimate of drug-likeness (QED) is 0.789. The average molecular weight is 293 g/mol. The van der Waals surface area contributed by atoms with E-state index < -0.39 is 6.04 Å². The summed E-state index contributed by atoms with van der Waals surface area (Å²) in [7, 11) is 0. The zero-order valence-corrected chi connectivity index (χ0v) is 14.0. The summed E-state index contributed by atoms with van der Waals surface area (Å²) < 4.78 is 0. The van der Waals surface area contributed by atoms with Gasteiger partial charge in [-0.15, -0.1) is 0 Å². The number of carbonyl (C=O) groups excluding carboxylic acids is 1. The Morgan fingerprint density at radius 3 is 2.24 bits per heavy atom. The molecule has 0 aliphatic rings. The van der Waals surface area contributed by atoms with E-state index in [2.05, 4.69) is 20.6 Å². The summed E-state index contributed by atoms with van der Waals surface area (Å²) in [5.41, 5.74) is 6.51. The van der Waals surface area contributed by atoms with Crippen molar-refractivity contribution in [3.8, 4) is 0 Å². The molecule has 6 heteroatoms. The van der Waals surface area contributed by atoms with E-state index in [-0.39, 0.29) is 17.4 Å². The lowest BCUT2D eigenvalue weighted by Gasteiger charge is -2.22. The minimum absolute atomic E-state index is 0.0705. The number of hydrogen-bond acceptors (Lipinski definition) is 5. The van der Waals surface area contributed by atoms with Gasteiger partial charge < -0.3 is 16.4 Å². The van der Waals surface area contributed by atoms with Crippen LogP contribution in [-0.2, 0) is 10.2 Å². The smallest absolute Gasteiger partial charge is 0.242 e. The van der Waals surface area contributed by atoms with Gasteiger partial charge in [0.05, 0.1) is 0 Å². The number of carbonyl (C=O) groups is 1. The summed E-state index contributed by atoms with van der Waals surface area (Å²) in [5, 5.41) is 5.99. The summed E-state index contributed by atoms with van der Waals surface area (Å²) in [6, 6.07) is -0.295. The first-order chi connectivity index (χ1) is 9.52. The van der Waals surface area contributed by atoms with Crippen molar-refractivity contribution < 1.29 is 4.79 Å². The van der Waals surface area contributed by atoms with Crippen molar-refractivity contribution in [3.63, 3.8) is 0 Å². The third-order valence-corrected chi connectivity index (χ3v) is 3.03. The molecule has 0 fully saturated rings. The Morgan fingerprint density at radius 2 is 1.76 bits per heavy atom. The molecular formula is C15H27N5O. The number of aromatic nitrogens is 2. The first-order valence-corrected chi connectivity index (χ1v) is 7.24. The number of anilines is 2. The molecule has 0 aromatic carbocycles. The number of nitrogens with two attached hydrogens (primary N) is 1. The Hall–Kier alpha value is -1.85. The van der Waals surface area contributed by atoms with E-state index in [0.29, 0.717) is 17.5 Å². The molecule has 0 saturated heterocycles. The van der Waals surface area contributed by atoms with E-state index in [9.17, 15) is 4.79 Å². The molecule has 0 aliphatic heterocycles. The van der Waals surface area contributed by atoms with E-state index >= 15 is 0 Å². The second kappa shape index (κ2) is 6.28. The van der Waals surface area contributed by atoms with Crippen molar-refractivity contribution in [2.75, 3.05) is 11.1 Å². The van der Waals surface area contributed by atoms with Crippen molar-refractivity contribution in [2.45, 2.75) is 66.0 Å². The molecule has 1 unspecified atom stereocenters. The summed E-state index contributed by atoms with van der Waals surface area (Å²) in [6.07, 6.45) is 0. The van der Waals surface area contributed by atoms with Gasteiger partial charge in [0.1, 0.15) is 23.5 Å². The second-order valence-electron chi connectivity index (χ2n) is 6.69. The predicted molar refractivity (Wildman–Crippen MR) is 86.2 cm³/mol. The van der Waals surface area contributed by atoms with Crippen LogP contribution in [0.15, 0.2) is 0 Å². The molecule has 0 aliphatic carbocycles. The molecular weight excluding hydrogens is 266 g/mol. The van der Waals surface area contributed by atoms with Crippen LogP contribution < -0.4 is 16.4 Å². The summed E-state index contributed by atoms with van der Waals surface area (Å²) >= 11 is 0. The van der Waals surface area contributed by atoms with E-state index in [0.717, 1.165) is 5.56 Å². The Kier molecular flexibility index (Phi) is 5.15. The largest absolute Gasteiger partial charge is 0.383 e. The molecule has 1 atom stereocenters. The third-order valence-electron chi connectivity index (χ3n) is 3.03. The normalized spacial score (nSPS) is 13.1. The van der Waals surface area contributed by atoms with Crippen LogP contribution in [0.2, 0.25) is 0 Å². The molecule has 21 heavy (non-hydrogen) atoms. The van der Waals surface area contributed by atoms with Crippen molar-refractivity contribution in [1.82, 2.24) is 15.3 Å². The van der Waals surface area contributed by atoms with Crippen molar-refractivity contribution in [2.24, 2.45) is 0 Å². The number of hydrogen-bond donors (Lipinski definition) is 3. The van der Waals surface area contributed by atoms with Crippen molar-refractivity contribution >= 4 is 17.5 Å². The highest BCUT2D eigenvalue weighted by atomic mass is 16.2. The van der Waals surface area contributed by atoms with E-state index in [1.165, 1.54) is 0 Å². The molecule has 0 bridgehead atoms. The standard InChI is InChI=1S/C15H27N5O/c1-8(2)17-13(21)10(4)18-12-9(3)11(16)19-14(20-12)15(5,6)7/h8,10H,1-7H3,(H,17,21)(H3,16,18,19,20). The van der Waals surface area contributed by atoms with Crippen LogP contribution in [-0.4, -0.2) is 28.0 Å². The van der Waals surface area contributed by atoms with E-state index in [1.807, 2.05) is 41.5 Å². The Morgan fingerprint density at radius 1 is 1.19 bits per heavy atom. The molecule has 1 rings (SSSR count). The van der Waals surface area contributed by atoms with Gasteiger partial charge in [-0.25, -0.2) is 9.97 Å². The summed E-state index contributed by atoms with van der Waals surface area (Å²) in [4.78, 5) is 20.8. The minimum atomic E-state index is -0.395. The lowest BCUT2D eigenvalue weighted by molar-refractivity contribution is -0.122. The number of nitrogens with one attached hydrogen (secondary N) is 2. The van der Waals surface area contributed by atoms with Crippen LogP contribution >= 0.6 is 0 Å². The lowest BCUT2D eigenvalue weighted by atomic mass is 9.95. The summed E-state index contributed by atoms with van der Waals surface area (Å²) in [5.74, 6) is 1.64. The fraction of sp³-hybridized carbons (Fsp3) is 0.667. The van der Waals surface area contributed by atoms with Crippen LogP contribution in [0.5, 0.6) is 0 Å².